The Kier molecular flexibility index (Phi) is 8.41. The van der Waals surface area contributed by atoms with E-state index in [4.69, 9.17) is 30.9 Å². The number of carbonyl (C=O) groups is 1. The summed E-state index contributed by atoms with van der Waals surface area (Å²) in [6.07, 6.45) is 2.93. The lowest BCUT2D eigenvalue weighted by atomic mass is 9.98. The fourth-order valence-electron chi connectivity index (χ4n) is 6.17. The standard InChI is InChI=1S/C34H35ClFN3O4/c1-4-42-34(40)33-25(10-8-18-43-29-11-7-9-22-19-23(36)12-13-24(22)29)26-14-15-27(35)31-30-21(2)38(3)37-28(30)20-41-17-6-5-16-39(33)32(26)31/h7,9,11-15,19H,4-6,8,10,16-18,20H2,1-3H3. The molecule has 0 bridgehead atoms. The van der Waals surface area contributed by atoms with Gasteiger partial charge in [0.1, 0.15) is 17.3 Å². The summed E-state index contributed by atoms with van der Waals surface area (Å²) in [6.45, 7) is 6.16. The molecule has 0 saturated carbocycles. The zero-order valence-corrected chi connectivity index (χ0v) is 25.5. The lowest BCUT2D eigenvalue weighted by Crippen LogP contribution is -2.15. The maximum absolute atomic E-state index is 13.8. The second-order valence-electron chi connectivity index (χ2n) is 10.9. The molecule has 0 aliphatic carbocycles. The highest BCUT2D eigenvalue weighted by molar-refractivity contribution is 6.35. The van der Waals surface area contributed by atoms with Gasteiger partial charge in [-0.25, -0.2) is 9.18 Å². The van der Waals surface area contributed by atoms with Crippen LogP contribution < -0.4 is 4.74 Å². The van der Waals surface area contributed by atoms with Crippen molar-refractivity contribution in [3.63, 3.8) is 0 Å². The van der Waals surface area contributed by atoms with E-state index in [2.05, 4.69) is 4.57 Å². The van der Waals surface area contributed by atoms with Crippen LogP contribution in [0.25, 0.3) is 32.8 Å². The van der Waals surface area contributed by atoms with Crippen LogP contribution >= 0.6 is 11.6 Å². The number of nitrogens with zero attached hydrogens (tertiary/aromatic N) is 3. The Balaban J connectivity index is 1.43. The summed E-state index contributed by atoms with van der Waals surface area (Å²) < 4.78 is 35.5. The van der Waals surface area contributed by atoms with Gasteiger partial charge in [-0.05, 0) is 80.8 Å². The third-order valence-corrected chi connectivity index (χ3v) is 8.51. The Hall–Kier alpha value is -3.88. The third-order valence-electron chi connectivity index (χ3n) is 8.19. The minimum atomic E-state index is -0.345. The van der Waals surface area contributed by atoms with Gasteiger partial charge in [0.05, 0.1) is 36.1 Å². The maximum Gasteiger partial charge on any atom is 0.355 e. The molecule has 0 atom stereocenters. The van der Waals surface area contributed by atoms with Crippen LogP contribution in [0.1, 0.15) is 53.6 Å². The van der Waals surface area contributed by atoms with E-state index in [1.165, 1.54) is 12.1 Å². The van der Waals surface area contributed by atoms with Gasteiger partial charge in [0.15, 0.2) is 0 Å². The molecular weight excluding hydrogens is 569 g/mol. The number of halogens is 2. The largest absolute Gasteiger partial charge is 0.493 e. The van der Waals surface area contributed by atoms with Crippen LogP contribution in [-0.4, -0.2) is 40.1 Å². The van der Waals surface area contributed by atoms with Gasteiger partial charge in [-0.15, -0.1) is 0 Å². The number of rotatable bonds is 7. The summed E-state index contributed by atoms with van der Waals surface area (Å²) in [4.78, 5) is 13.6. The van der Waals surface area contributed by atoms with E-state index in [-0.39, 0.29) is 18.4 Å². The van der Waals surface area contributed by atoms with E-state index in [1.54, 1.807) is 6.07 Å². The number of hydrogen-bond donors (Lipinski definition) is 0. The average molecular weight is 604 g/mol. The molecule has 7 nitrogen and oxygen atoms in total. The molecule has 9 heteroatoms. The van der Waals surface area contributed by atoms with E-state index < -0.39 is 0 Å². The lowest BCUT2D eigenvalue weighted by Gasteiger charge is -2.14. The lowest BCUT2D eigenvalue weighted by molar-refractivity contribution is 0.0512. The van der Waals surface area contributed by atoms with Crippen LogP contribution in [0.5, 0.6) is 5.75 Å². The highest BCUT2D eigenvalue weighted by atomic mass is 35.5. The molecule has 0 amide bonds. The van der Waals surface area contributed by atoms with Crippen molar-refractivity contribution >= 4 is 39.2 Å². The Morgan fingerprint density at radius 1 is 1.12 bits per heavy atom. The number of ether oxygens (including phenoxy) is 3. The molecular formula is C34H35ClFN3O4. The van der Waals surface area contributed by atoms with Crippen LogP contribution in [0.3, 0.4) is 0 Å². The van der Waals surface area contributed by atoms with Crippen molar-refractivity contribution in [1.29, 1.82) is 0 Å². The molecule has 6 rings (SSSR count). The number of esters is 1. The molecule has 3 heterocycles. The molecule has 1 aliphatic heterocycles. The van der Waals surface area contributed by atoms with E-state index in [1.807, 2.05) is 55.9 Å². The summed E-state index contributed by atoms with van der Waals surface area (Å²) in [6, 6.07) is 14.2. The highest BCUT2D eigenvalue weighted by Crippen LogP contribution is 2.43. The predicted octanol–water partition coefficient (Wildman–Crippen LogP) is 7.79. The van der Waals surface area contributed by atoms with Crippen LogP contribution in [0, 0.1) is 12.7 Å². The number of aryl methyl sites for hydroxylation is 3. The first kappa shape index (κ1) is 29.2. The van der Waals surface area contributed by atoms with Gasteiger partial charge in [-0.2, -0.15) is 5.10 Å². The Labute approximate surface area is 255 Å². The van der Waals surface area contributed by atoms with Crippen molar-refractivity contribution in [2.75, 3.05) is 19.8 Å². The zero-order valence-electron chi connectivity index (χ0n) is 24.7. The number of benzene rings is 3. The second-order valence-corrected chi connectivity index (χ2v) is 11.3. The topological polar surface area (TPSA) is 67.5 Å². The quantitative estimate of drug-likeness (QED) is 0.140. The molecule has 0 N–H and O–H groups in total. The van der Waals surface area contributed by atoms with Gasteiger partial charge in [0.25, 0.3) is 0 Å². The van der Waals surface area contributed by atoms with Gasteiger partial charge in [-0.1, -0.05) is 29.8 Å². The first-order valence-corrected chi connectivity index (χ1v) is 15.2. The van der Waals surface area contributed by atoms with Gasteiger partial charge in [-0.3, -0.25) is 4.68 Å². The summed E-state index contributed by atoms with van der Waals surface area (Å²) in [5.41, 5.74) is 6.00. The van der Waals surface area contributed by atoms with Gasteiger partial charge in [0.2, 0.25) is 0 Å². The van der Waals surface area contributed by atoms with E-state index in [0.29, 0.717) is 55.7 Å². The van der Waals surface area contributed by atoms with E-state index >= 15 is 0 Å². The minimum Gasteiger partial charge on any atom is -0.493 e. The monoisotopic (exact) mass is 603 g/mol. The van der Waals surface area contributed by atoms with Crippen molar-refractivity contribution < 1.29 is 23.4 Å². The maximum atomic E-state index is 13.8. The highest BCUT2D eigenvalue weighted by Gasteiger charge is 2.29. The SMILES string of the molecule is CCOC(=O)c1c(CCCOc2cccc3cc(F)ccc23)c2ccc(Cl)c3c2n1CCCCOCc1nn(C)c(C)c1-3. The Bertz CT molecular complexity index is 1830. The van der Waals surface area contributed by atoms with Crippen LogP contribution in [0.4, 0.5) is 4.39 Å². The first-order valence-electron chi connectivity index (χ1n) is 14.8. The number of carbonyl (C=O) groups excluding carboxylic acids is 1. The molecule has 1 aliphatic rings. The fraction of sp³-hybridized carbons (Fsp3) is 0.353. The summed E-state index contributed by atoms with van der Waals surface area (Å²) in [5, 5.41) is 7.98. The van der Waals surface area contributed by atoms with Crippen molar-refractivity contribution in [2.24, 2.45) is 7.05 Å². The molecule has 0 fully saturated rings. The third kappa shape index (κ3) is 5.50. The number of fused-ring (bicyclic) bond motifs is 3. The van der Waals surface area contributed by atoms with E-state index in [9.17, 15) is 9.18 Å². The molecule has 0 saturated heterocycles. The van der Waals surface area contributed by atoms with Crippen molar-refractivity contribution in [1.82, 2.24) is 14.3 Å². The zero-order chi connectivity index (χ0) is 30.1. The Morgan fingerprint density at radius 3 is 2.79 bits per heavy atom. The van der Waals surface area contributed by atoms with Gasteiger partial charge < -0.3 is 18.8 Å². The minimum absolute atomic E-state index is 0.276. The van der Waals surface area contributed by atoms with Gasteiger partial charge in [0, 0.05) is 47.8 Å². The number of aromatic nitrogens is 3. The van der Waals surface area contributed by atoms with Crippen molar-refractivity contribution in [3.05, 3.63) is 82.0 Å². The fourth-order valence-corrected chi connectivity index (χ4v) is 6.41. The van der Waals surface area contributed by atoms with Crippen molar-refractivity contribution in [2.45, 2.75) is 52.7 Å². The molecule has 3 aromatic carbocycles. The van der Waals surface area contributed by atoms with Crippen molar-refractivity contribution in [3.8, 4) is 16.9 Å². The Morgan fingerprint density at radius 2 is 1.95 bits per heavy atom. The average Bonchev–Trinajstić information content (AvgIpc) is 3.44. The van der Waals surface area contributed by atoms with Crippen LogP contribution in [0.2, 0.25) is 5.02 Å². The van der Waals surface area contributed by atoms with Crippen LogP contribution in [-0.2, 0) is 36.1 Å². The molecule has 0 radical (unpaired) electrons. The molecule has 2 aromatic heterocycles. The molecule has 5 aromatic rings. The molecule has 0 unspecified atom stereocenters. The molecule has 43 heavy (non-hydrogen) atoms. The molecule has 224 valence electrons. The summed E-state index contributed by atoms with van der Waals surface area (Å²) >= 11 is 6.98. The van der Waals surface area contributed by atoms with E-state index in [0.717, 1.165) is 62.6 Å². The second kappa shape index (κ2) is 12.4. The molecule has 0 spiro atoms. The normalized spacial score (nSPS) is 13.6. The first-order chi connectivity index (χ1) is 20.9. The summed E-state index contributed by atoms with van der Waals surface area (Å²) in [5.74, 6) is 0.0806. The summed E-state index contributed by atoms with van der Waals surface area (Å²) in [7, 11) is 1.92. The number of hydrogen-bond acceptors (Lipinski definition) is 5. The smallest absolute Gasteiger partial charge is 0.355 e. The van der Waals surface area contributed by atoms with Gasteiger partial charge >= 0.3 is 5.97 Å². The predicted molar refractivity (Wildman–Crippen MR) is 166 cm³/mol. The van der Waals surface area contributed by atoms with Crippen LogP contribution in [0.15, 0.2) is 48.5 Å².